The summed E-state index contributed by atoms with van der Waals surface area (Å²) in [5, 5.41) is 2.75. The molecule has 0 aromatic heterocycles. The van der Waals surface area contributed by atoms with Gasteiger partial charge in [-0.25, -0.2) is 13.2 Å². The summed E-state index contributed by atoms with van der Waals surface area (Å²) in [7, 11) is -2.04. The van der Waals surface area contributed by atoms with Crippen LogP contribution in [-0.2, 0) is 21.3 Å². The molecule has 0 fully saturated rings. The maximum Gasteiger partial charge on any atom is 0.337 e. The minimum absolute atomic E-state index is 0.289. The molecule has 0 radical (unpaired) electrons. The Labute approximate surface area is 146 Å². The number of carbonyl (C=O) groups excluding carboxylic acids is 2. The number of sulfonamides is 1. The summed E-state index contributed by atoms with van der Waals surface area (Å²) in [5.41, 5.74) is 2.06. The van der Waals surface area contributed by atoms with Gasteiger partial charge in [-0.05, 0) is 42.0 Å². The van der Waals surface area contributed by atoms with Gasteiger partial charge >= 0.3 is 5.97 Å². The summed E-state index contributed by atoms with van der Waals surface area (Å²) >= 11 is 0. The zero-order valence-corrected chi connectivity index (χ0v) is 14.6. The lowest BCUT2D eigenvalue weighted by atomic mass is 10.1. The molecule has 0 aliphatic carbocycles. The van der Waals surface area contributed by atoms with Crippen molar-refractivity contribution in [1.82, 2.24) is 5.32 Å². The molecule has 25 heavy (non-hydrogen) atoms. The number of methoxy groups -OCH3 is 1. The van der Waals surface area contributed by atoms with Gasteiger partial charge in [0.05, 0.1) is 18.9 Å². The molecule has 0 saturated heterocycles. The van der Waals surface area contributed by atoms with Gasteiger partial charge in [0.15, 0.2) is 0 Å². The predicted octanol–water partition coefficient (Wildman–Crippen LogP) is 1.77. The van der Waals surface area contributed by atoms with E-state index < -0.39 is 16.0 Å². The van der Waals surface area contributed by atoms with Gasteiger partial charge in [-0.2, -0.15) is 0 Å². The van der Waals surface area contributed by atoms with Crippen LogP contribution in [0.3, 0.4) is 0 Å². The molecule has 0 unspecified atom stereocenters. The Kier molecular flexibility index (Phi) is 5.76. The average molecular weight is 362 g/mol. The number of rotatable bonds is 6. The molecule has 2 aromatic rings. The first-order valence-electron chi connectivity index (χ1n) is 7.32. The zero-order valence-electron chi connectivity index (χ0n) is 13.8. The summed E-state index contributed by atoms with van der Waals surface area (Å²) < 4.78 is 29.2. The number of anilines is 1. The van der Waals surface area contributed by atoms with Gasteiger partial charge in [0.1, 0.15) is 0 Å². The third-order valence-corrected chi connectivity index (χ3v) is 3.88. The Morgan fingerprint density at radius 1 is 0.960 bits per heavy atom. The number of ether oxygens (including phenoxy) is 1. The first-order valence-corrected chi connectivity index (χ1v) is 9.21. The van der Waals surface area contributed by atoms with E-state index in [1.807, 2.05) is 0 Å². The van der Waals surface area contributed by atoms with E-state index in [0.29, 0.717) is 23.4 Å². The largest absolute Gasteiger partial charge is 0.465 e. The highest BCUT2D eigenvalue weighted by Crippen LogP contribution is 2.11. The van der Waals surface area contributed by atoms with Crippen LogP contribution >= 0.6 is 0 Å². The Morgan fingerprint density at radius 2 is 1.52 bits per heavy atom. The lowest BCUT2D eigenvalue weighted by Gasteiger charge is -2.08. The van der Waals surface area contributed by atoms with Crippen molar-refractivity contribution < 1.29 is 22.7 Å². The van der Waals surface area contributed by atoms with Crippen LogP contribution in [0.4, 0.5) is 5.69 Å². The highest BCUT2D eigenvalue weighted by Gasteiger charge is 2.08. The van der Waals surface area contributed by atoms with Crippen LogP contribution in [0, 0.1) is 0 Å². The predicted molar refractivity (Wildman–Crippen MR) is 93.9 cm³/mol. The van der Waals surface area contributed by atoms with E-state index in [9.17, 15) is 18.0 Å². The highest BCUT2D eigenvalue weighted by atomic mass is 32.2. The Bertz CT molecular complexity index is 859. The van der Waals surface area contributed by atoms with Crippen LogP contribution in [0.1, 0.15) is 26.3 Å². The molecule has 2 aromatic carbocycles. The summed E-state index contributed by atoms with van der Waals surface area (Å²) in [5.74, 6) is -0.707. The molecule has 0 aliphatic rings. The molecule has 8 heteroatoms. The van der Waals surface area contributed by atoms with E-state index in [1.54, 1.807) is 24.3 Å². The van der Waals surface area contributed by atoms with Gasteiger partial charge in [0.25, 0.3) is 5.91 Å². The third kappa shape index (κ3) is 5.61. The molecule has 2 rings (SSSR count). The summed E-state index contributed by atoms with van der Waals surface area (Å²) in [6.45, 7) is 0.295. The molecule has 0 heterocycles. The molecular weight excluding hydrogens is 344 g/mol. The van der Waals surface area contributed by atoms with Crippen molar-refractivity contribution in [2.75, 3.05) is 18.1 Å². The number of amides is 1. The van der Waals surface area contributed by atoms with Crippen molar-refractivity contribution in [1.29, 1.82) is 0 Å². The maximum absolute atomic E-state index is 12.1. The fourth-order valence-electron chi connectivity index (χ4n) is 2.06. The second-order valence-electron chi connectivity index (χ2n) is 5.32. The van der Waals surface area contributed by atoms with Gasteiger partial charge in [0, 0.05) is 17.8 Å². The number of hydrogen-bond donors (Lipinski definition) is 2. The van der Waals surface area contributed by atoms with Crippen LogP contribution in [-0.4, -0.2) is 33.7 Å². The third-order valence-electron chi connectivity index (χ3n) is 3.28. The van der Waals surface area contributed by atoms with Crippen molar-refractivity contribution in [3.8, 4) is 0 Å². The van der Waals surface area contributed by atoms with Crippen molar-refractivity contribution in [3.63, 3.8) is 0 Å². The van der Waals surface area contributed by atoms with Crippen LogP contribution in [0.2, 0.25) is 0 Å². The van der Waals surface area contributed by atoms with Crippen molar-refractivity contribution in [2.45, 2.75) is 6.54 Å². The number of carbonyl (C=O) groups is 2. The second-order valence-corrected chi connectivity index (χ2v) is 7.07. The van der Waals surface area contributed by atoms with Gasteiger partial charge in [-0.1, -0.05) is 12.1 Å². The van der Waals surface area contributed by atoms with E-state index in [2.05, 4.69) is 14.8 Å². The molecule has 0 saturated carbocycles. The molecule has 0 aliphatic heterocycles. The van der Waals surface area contributed by atoms with Gasteiger partial charge in [-0.3, -0.25) is 9.52 Å². The molecule has 2 N–H and O–H groups in total. The van der Waals surface area contributed by atoms with Crippen molar-refractivity contribution >= 4 is 27.6 Å². The number of esters is 1. The minimum Gasteiger partial charge on any atom is -0.465 e. The van der Waals surface area contributed by atoms with E-state index >= 15 is 0 Å². The van der Waals surface area contributed by atoms with Crippen molar-refractivity contribution in [2.24, 2.45) is 0 Å². The molecular formula is C17H18N2O5S. The molecule has 0 atom stereocenters. The van der Waals surface area contributed by atoms with Crippen LogP contribution in [0.15, 0.2) is 48.5 Å². The monoisotopic (exact) mass is 362 g/mol. The summed E-state index contributed by atoms with van der Waals surface area (Å²) in [4.78, 5) is 23.5. The second kappa shape index (κ2) is 7.80. The normalized spacial score (nSPS) is 10.8. The average Bonchev–Trinajstić information content (AvgIpc) is 2.58. The lowest BCUT2D eigenvalue weighted by molar-refractivity contribution is 0.0600. The van der Waals surface area contributed by atoms with Crippen LogP contribution in [0.25, 0.3) is 0 Å². The fraction of sp³-hybridized carbons (Fsp3) is 0.176. The fourth-order valence-corrected chi connectivity index (χ4v) is 2.63. The van der Waals surface area contributed by atoms with E-state index in [4.69, 9.17) is 0 Å². The smallest absolute Gasteiger partial charge is 0.337 e. The Hall–Kier alpha value is -2.87. The standard InChI is InChI=1S/C17H18N2O5S/c1-24-17(21)14-5-3-12(4-6-14)11-18-16(20)13-7-9-15(10-8-13)19-25(2,22)23/h3-10,19H,11H2,1-2H3,(H,18,20). The number of nitrogens with one attached hydrogen (secondary N) is 2. The zero-order chi connectivity index (χ0) is 18.4. The van der Waals surface area contributed by atoms with Gasteiger partial charge in [-0.15, -0.1) is 0 Å². The topological polar surface area (TPSA) is 102 Å². The Morgan fingerprint density at radius 3 is 2.04 bits per heavy atom. The first kappa shape index (κ1) is 18.5. The van der Waals surface area contributed by atoms with Gasteiger partial charge in [0.2, 0.25) is 10.0 Å². The first-order chi connectivity index (χ1) is 11.8. The van der Waals surface area contributed by atoms with Crippen molar-refractivity contribution in [3.05, 3.63) is 65.2 Å². The quantitative estimate of drug-likeness (QED) is 0.763. The van der Waals surface area contributed by atoms with Gasteiger partial charge < -0.3 is 10.1 Å². The van der Waals surface area contributed by atoms with E-state index in [0.717, 1.165) is 11.8 Å². The molecule has 132 valence electrons. The maximum atomic E-state index is 12.1. The lowest BCUT2D eigenvalue weighted by Crippen LogP contribution is -2.22. The number of hydrogen-bond acceptors (Lipinski definition) is 5. The summed E-state index contributed by atoms with van der Waals surface area (Å²) in [6.07, 6.45) is 1.05. The molecule has 0 bridgehead atoms. The van der Waals surface area contributed by atoms with Crippen LogP contribution in [0.5, 0.6) is 0 Å². The molecule has 0 spiro atoms. The Balaban J connectivity index is 1.94. The van der Waals surface area contributed by atoms with Crippen LogP contribution < -0.4 is 10.0 Å². The van der Waals surface area contributed by atoms with E-state index in [1.165, 1.54) is 31.4 Å². The SMILES string of the molecule is COC(=O)c1ccc(CNC(=O)c2ccc(NS(C)(=O)=O)cc2)cc1. The summed E-state index contributed by atoms with van der Waals surface area (Å²) in [6, 6.07) is 12.8. The van der Waals surface area contributed by atoms with E-state index in [-0.39, 0.29) is 5.91 Å². The highest BCUT2D eigenvalue weighted by molar-refractivity contribution is 7.92. The molecule has 7 nitrogen and oxygen atoms in total. The minimum atomic E-state index is -3.35. The molecule has 1 amide bonds. The number of benzene rings is 2.